The molecular formula is C13H17NO. The minimum atomic E-state index is 0.266. The summed E-state index contributed by atoms with van der Waals surface area (Å²) in [4.78, 5) is 13.6. The van der Waals surface area contributed by atoms with E-state index in [4.69, 9.17) is 0 Å². The molecule has 0 bridgehead atoms. The SMILES string of the molecule is CC1CC(c2ccccc2)CC(=O)N1C. The highest BCUT2D eigenvalue weighted by atomic mass is 16.2. The maximum atomic E-state index is 11.7. The Morgan fingerprint density at radius 1 is 1.27 bits per heavy atom. The number of likely N-dealkylation sites (tertiary alicyclic amines) is 1. The third-order valence-electron chi connectivity index (χ3n) is 3.37. The molecule has 2 atom stereocenters. The number of amides is 1. The molecule has 0 aliphatic carbocycles. The zero-order valence-electron chi connectivity index (χ0n) is 9.31. The van der Waals surface area contributed by atoms with Gasteiger partial charge >= 0.3 is 0 Å². The molecule has 80 valence electrons. The van der Waals surface area contributed by atoms with Crippen LogP contribution in [-0.4, -0.2) is 23.9 Å². The van der Waals surface area contributed by atoms with Crippen LogP contribution < -0.4 is 0 Å². The van der Waals surface area contributed by atoms with Gasteiger partial charge in [-0.3, -0.25) is 4.79 Å². The lowest BCUT2D eigenvalue weighted by molar-refractivity contribution is -0.134. The maximum Gasteiger partial charge on any atom is 0.223 e. The molecule has 2 rings (SSSR count). The molecule has 0 aromatic heterocycles. The number of hydrogen-bond donors (Lipinski definition) is 0. The van der Waals surface area contributed by atoms with Gasteiger partial charge in [0.15, 0.2) is 0 Å². The number of nitrogens with zero attached hydrogens (tertiary/aromatic N) is 1. The van der Waals surface area contributed by atoms with Gasteiger partial charge < -0.3 is 4.90 Å². The van der Waals surface area contributed by atoms with Crippen LogP contribution in [0.5, 0.6) is 0 Å². The fraction of sp³-hybridized carbons (Fsp3) is 0.462. The van der Waals surface area contributed by atoms with Gasteiger partial charge in [-0.05, 0) is 24.8 Å². The van der Waals surface area contributed by atoms with E-state index in [0.29, 0.717) is 18.4 Å². The van der Waals surface area contributed by atoms with Crippen molar-refractivity contribution in [3.63, 3.8) is 0 Å². The molecule has 2 unspecified atom stereocenters. The lowest BCUT2D eigenvalue weighted by atomic mass is 9.86. The van der Waals surface area contributed by atoms with Crippen molar-refractivity contribution in [2.24, 2.45) is 0 Å². The average Bonchev–Trinajstić information content (AvgIpc) is 2.26. The molecular weight excluding hydrogens is 186 g/mol. The Hall–Kier alpha value is -1.31. The van der Waals surface area contributed by atoms with Crippen molar-refractivity contribution >= 4 is 5.91 Å². The van der Waals surface area contributed by atoms with E-state index in [2.05, 4.69) is 19.1 Å². The Labute approximate surface area is 90.9 Å². The molecule has 0 saturated carbocycles. The zero-order valence-corrected chi connectivity index (χ0v) is 9.31. The summed E-state index contributed by atoms with van der Waals surface area (Å²) >= 11 is 0. The van der Waals surface area contributed by atoms with Gasteiger partial charge in [0.25, 0.3) is 0 Å². The monoisotopic (exact) mass is 203 g/mol. The fourth-order valence-electron chi connectivity index (χ4n) is 2.23. The van der Waals surface area contributed by atoms with E-state index in [9.17, 15) is 4.79 Å². The van der Waals surface area contributed by atoms with E-state index >= 15 is 0 Å². The van der Waals surface area contributed by atoms with Crippen molar-refractivity contribution < 1.29 is 4.79 Å². The van der Waals surface area contributed by atoms with Crippen molar-refractivity contribution in [1.29, 1.82) is 0 Å². The van der Waals surface area contributed by atoms with E-state index in [1.54, 1.807) is 0 Å². The van der Waals surface area contributed by atoms with Crippen LogP contribution in [0.25, 0.3) is 0 Å². The van der Waals surface area contributed by atoms with Crippen molar-refractivity contribution in [1.82, 2.24) is 4.90 Å². The van der Waals surface area contributed by atoms with Crippen LogP contribution in [-0.2, 0) is 4.79 Å². The van der Waals surface area contributed by atoms with E-state index in [1.165, 1.54) is 5.56 Å². The second-order valence-electron chi connectivity index (χ2n) is 4.40. The van der Waals surface area contributed by atoms with Crippen molar-refractivity contribution in [3.05, 3.63) is 35.9 Å². The highest BCUT2D eigenvalue weighted by molar-refractivity contribution is 5.78. The number of rotatable bonds is 1. The number of carbonyl (C=O) groups is 1. The minimum absolute atomic E-state index is 0.266. The van der Waals surface area contributed by atoms with Crippen molar-refractivity contribution in [2.75, 3.05) is 7.05 Å². The molecule has 1 heterocycles. The lowest BCUT2D eigenvalue weighted by Gasteiger charge is -2.35. The van der Waals surface area contributed by atoms with Crippen LogP contribution in [0.2, 0.25) is 0 Å². The summed E-state index contributed by atoms with van der Waals surface area (Å²) in [6.07, 6.45) is 1.73. The van der Waals surface area contributed by atoms with Crippen molar-refractivity contribution in [3.8, 4) is 0 Å². The first kappa shape index (κ1) is 10.2. The summed E-state index contributed by atoms with van der Waals surface area (Å²) < 4.78 is 0. The number of hydrogen-bond acceptors (Lipinski definition) is 1. The highest BCUT2D eigenvalue weighted by Crippen LogP contribution is 2.31. The first-order valence-electron chi connectivity index (χ1n) is 5.49. The third kappa shape index (κ3) is 2.04. The maximum absolute atomic E-state index is 11.7. The van der Waals surface area contributed by atoms with Gasteiger partial charge in [0.2, 0.25) is 5.91 Å². The molecule has 1 aromatic carbocycles. The van der Waals surface area contributed by atoms with Gasteiger partial charge in [0.05, 0.1) is 0 Å². The van der Waals surface area contributed by atoms with E-state index in [1.807, 2.05) is 30.1 Å². The number of piperidine rings is 1. The molecule has 1 saturated heterocycles. The summed E-state index contributed by atoms with van der Waals surface area (Å²) in [5.74, 6) is 0.674. The van der Waals surface area contributed by atoms with Crippen LogP contribution in [0.4, 0.5) is 0 Å². The summed E-state index contributed by atoms with van der Waals surface area (Å²) in [6, 6.07) is 10.7. The highest BCUT2D eigenvalue weighted by Gasteiger charge is 2.29. The predicted octanol–water partition coefficient (Wildman–Crippen LogP) is 2.41. The summed E-state index contributed by atoms with van der Waals surface area (Å²) in [6.45, 7) is 2.12. The number of benzene rings is 1. The smallest absolute Gasteiger partial charge is 0.223 e. The summed E-state index contributed by atoms with van der Waals surface area (Å²) in [7, 11) is 1.90. The Balaban J connectivity index is 2.16. The van der Waals surface area contributed by atoms with Crippen LogP contribution in [0.15, 0.2) is 30.3 Å². The van der Waals surface area contributed by atoms with Crippen LogP contribution in [0.3, 0.4) is 0 Å². The van der Waals surface area contributed by atoms with E-state index < -0.39 is 0 Å². The molecule has 2 nitrogen and oxygen atoms in total. The zero-order chi connectivity index (χ0) is 10.8. The fourth-order valence-corrected chi connectivity index (χ4v) is 2.23. The van der Waals surface area contributed by atoms with Gasteiger partial charge in [0, 0.05) is 19.5 Å². The quantitative estimate of drug-likeness (QED) is 0.686. The second-order valence-corrected chi connectivity index (χ2v) is 4.40. The van der Waals surface area contributed by atoms with Crippen LogP contribution in [0.1, 0.15) is 31.2 Å². The van der Waals surface area contributed by atoms with E-state index in [-0.39, 0.29) is 5.91 Å². The first-order valence-corrected chi connectivity index (χ1v) is 5.49. The molecule has 0 radical (unpaired) electrons. The molecule has 1 aliphatic heterocycles. The molecule has 15 heavy (non-hydrogen) atoms. The second kappa shape index (κ2) is 4.05. The standard InChI is InChI=1S/C13H17NO/c1-10-8-12(9-13(15)14(10)2)11-6-4-3-5-7-11/h3-7,10,12H,8-9H2,1-2H3. The molecule has 1 aromatic rings. The molecule has 1 amide bonds. The Bertz CT molecular complexity index is 347. The molecule has 0 spiro atoms. The van der Waals surface area contributed by atoms with Gasteiger partial charge in [-0.1, -0.05) is 30.3 Å². The van der Waals surface area contributed by atoms with Gasteiger partial charge in [-0.2, -0.15) is 0 Å². The molecule has 1 fully saturated rings. The van der Waals surface area contributed by atoms with Crippen LogP contribution in [0, 0.1) is 0 Å². The molecule has 2 heteroatoms. The Kier molecular flexibility index (Phi) is 2.76. The lowest BCUT2D eigenvalue weighted by Crippen LogP contribution is -2.41. The third-order valence-corrected chi connectivity index (χ3v) is 3.37. The first-order chi connectivity index (χ1) is 7.18. The Morgan fingerprint density at radius 3 is 2.53 bits per heavy atom. The average molecular weight is 203 g/mol. The van der Waals surface area contributed by atoms with Crippen LogP contribution >= 0.6 is 0 Å². The largest absolute Gasteiger partial charge is 0.343 e. The molecule has 1 aliphatic rings. The molecule has 0 N–H and O–H groups in total. The predicted molar refractivity (Wildman–Crippen MR) is 60.6 cm³/mol. The Morgan fingerprint density at radius 2 is 1.93 bits per heavy atom. The van der Waals surface area contributed by atoms with Crippen molar-refractivity contribution in [2.45, 2.75) is 31.7 Å². The van der Waals surface area contributed by atoms with Gasteiger partial charge in [-0.15, -0.1) is 0 Å². The summed E-state index contributed by atoms with van der Waals surface area (Å²) in [5, 5.41) is 0. The summed E-state index contributed by atoms with van der Waals surface area (Å²) in [5.41, 5.74) is 1.30. The van der Waals surface area contributed by atoms with Gasteiger partial charge in [0.1, 0.15) is 0 Å². The minimum Gasteiger partial charge on any atom is -0.343 e. The normalized spacial score (nSPS) is 26.8. The van der Waals surface area contributed by atoms with Gasteiger partial charge in [-0.25, -0.2) is 0 Å². The number of carbonyl (C=O) groups excluding carboxylic acids is 1. The topological polar surface area (TPSA) is 20.3 Å². The van der Waals surface area contributed by atoms with E-state index in [0.717, 1.165) is 6.42 Å².